The number of hydrogen-bond donors (Lipinski definition) is 0. The largest absolute Gasteiger partial charge is 0.0842 e. The zero-order valence-electron chi connectivity index (χ0n) is 7.15. The summed E-state index contributed by atoms with van der Waals surface area (Å²) < 4.78 is 0. The third kappa shape index (κ3) is 1.73. The topological polar surface area (TPSA) is 0 Å². The molecule has 0 heteroatoms. The Bertz CT molecular complexity index is 165. The summed E-state index contributed by atoms with van der Waals surface area (Å²) in [6, 6.07) is 0. The van der Waals surface area contributed by atoms with Crippen LogP contribution in [0.5, 0.6) is 0 Å². The van der Waals surface area contributed by atoms with E-state index in [1.54, 1.807) is 5.57 Å². The van der Waals surface area contributed by atoms with Crippen molar-refractivity contribution < 1.29 is 0 Å². The van der Waals surface area contributed by atoms with Gasteiger partial charge in [-0.15, -0.1) is 0 Å². The van der Waals surface area contributed by atoms with Crippen molar-refractivity contribution in [2.24, 2.45) is 5.41 Å². The van der Waals surface area contributed by atoms with Gasteiger partial charge in [-0.3, -0.25) is 0 Å². The van der Waals surface area contributed by atoms with E-state index in [2.05, 4.69) is 39.0 Å². The average molecular weight is 136 g/mol. The quantitative estimate of drug-likeness (QED) is 0.479. The summed E-state index contributed by atoms with van der Waals surface area (Å²) in [5.41, 5.74) is 1.96. The number of rotatable bonds is 0. The van der Waals surface area contributed by atoms with E-state index in [0.29, 0.717) is 5.41 Å². The van der Waals surface area contributed by atoms with E-state index in [1.165, 1.54) is 12.8 Å². The van der Waals surface area contributed by atoms with Crippen molar-refractivity contribution in [1.82, 2.24) is 0 Å². The standard InChI is InChI=1S/C10H16/c1-10(2,3)9-7-5-4-6-8-9/h4-5,7H,6,8H2,1-3H3. The summed E-state index contributed by atoms with van der Waals surface area (Å²) in [4.78, 5) is 0. The first-order chi connectivity index (χ1) is 4.61. The van der Waals surface area contributed by atoms with Crippen molar-refractivity contribution in [2.45, 2.75) is 33.6 Å². The third-order valence-corrected chi connectivity index (χ3v) is 1.98. The number of hydrogen-bond acceptors (Lipinski definition) is 0. The maximum Gasteiger partial charge on any atom is -0.0170 e. The minimum atomic E-state index is 0.380. The Labute approximate surface area is 63.6 Å². The molecular weight excluding hydrogens is 120 g/mol. The van der Waals surface area contributed by atoms with Crippen LogP contribution in [-0.4, -0.2) is 0 Å². The lowest BCUT2D eigenvalue weighted by Crippen LogP contribution is -2.10. The highest BCUT2D eigenvalue weighted by Crippen LogP contribution is 2.30. The van der Waals surface area contributed by atoms with E-state index in [-0.39, 0.29) is 0 Å². The van der Waals surface area contributed by atoms with E-state index in [1.807, 2.05) is 0 Å². The molecule has 0 N–H and O–H groups in total. The summed E-state index contributed by atoms with van der Waals surface area (Å²) in [7, 11) is 0. The first-order valence-corrected chi connectivity index (χ1v) is 3.97. The van der Waals surface area contributed by atoms with E-state index < -0.39 is 0 Å². The van der Waals surface area contributed by atoms with Gasteiger partial charge < -0.3 is 0 Å². The van der Waals surface area contributed by atoms with Crippen LogP contribution in [0.25, 0.3) is 0 Å². The normalized spacial score (nSPS) is 18.9. The van der Waals surface area contributed by atoms with Gasteiger partial charge in [-0.1, -0.05) is 44.6 Å². The average Bonchev–Trinajstić information content (AvgIpc) is 1.88. The van der Waals surface area contributed by atoms with Crippen LogP contribution in [0, 0.1) is 5.41 Å². The van der Waals surface area contributed by atoms with Crippen LogP contribution in [0.1, 0.15) is 33.6 Å². The van der Waals surface area contributed by atoms with Crippen molar-refractivity contribution in [3.05, 3.63) is 23.8 Å². The zero-order valence-corrected chi connectivity index (χ0v) is 7.15. The van der Waals surface area contributed by atoms with Gasteiger partial charge in [0.05, 0.1) is 0 Å². The molecule has 0 aromatic heterocycles. The minimum absolute atomic E-state index is 0.380. The van der Waals surface area contributed by atoms with Crippen molar-refractivity contribution >= 4 is 0 Å². The summed E-state index contributed by atoms with van der Waals surface area (Å²) >= 11 is 0. The molecule has 0 saturated heterocycles. The lowest BCUT2D eigenvalue weighted by molar-refractivity contribution is 0.481. The van der Waals surface area contributed by atoms with Crippen LogP contribution in [0.2, 0.25) is 0 Å². The van der Waals surface area contributed by atoms with Gasteiger partial charge in [0, 0.05) is 0 Å². The SMILES string of the molecule is CC(C)(C)C1=CC=CCC1. The highest BCUT2D eigenvalue weighted by molar-refractivity contribution is 5.22. The van der Waals surface area contributed by atoms with Crippen LogP contribution in [-0.2, 0) is 0 Å². The van der Waals surface area contributed by atoms with Crippen LogP contribution in [0.4, 0.5) is 0 Å². The molecule has 0 nitrogen and oxygen atoms in total. The molecule has 0 amide bonds. The van der Waals surface area contributed by atoms with Gasteiger partial charge in [0.2, 0.25) is 0 Å². The smallest absolute Gasteiger partial charge is 0.0170 e. The Morgan fingerprint density at radius 3 is 2.30 bits per heavy atom. The molecule has 1 rings (SSSR count). The van der Waals surface area contributed by atoms with E-state index in [4.69, 9.17) is 0 Å². The molecule has 0 heterocycles. The second kappa shape index (κ2) is 2.61. The van der Waals surface area contributed by atoms with Gasteiger partial charge in [-0.2, -0.15) is 0 Å². The van der Waals surface area contributed by atoms with Crippen LogP contribution >= 0.6 is 0 Å². The second-order valence-corrected chi connectivity index (χ2v) is 3.91. The fraction of sp³-hybridized carbons (Fsp3) is 0.600. The molecule has 0 fully saturated rings. The minimum Gasteiger partial charge on any atom is -0.0842 e. The Balaban J connectivity index is 2.72. The van der Waals surface area contributed by atoms with E-state index in [9.17, 15) is 0 Å². The molecule has 1 aliphatic carbocycles. The van der Waals surface area contributed by atoms with Crippen molar-refractivity contribution in [1.29, 1.82) is 0 Å². The van der Waals surface area contributed by atoms with Gasteiger partial charge in [0.15, 0.2) is 0 Å². The molecule has 0 aromatic carbocycles. The molecule has 0 radical (unpaired) electrons. The van der Waals surface area contributed by atoms with Gasteiger partial charge in [-0.25, -0.2) is 0 Å². The molecule has 56 valence electrons. The molecule has 0 aliphatic heterocycles. The molecule has 0 saturated carbocycles. The fourth-order valence-corrected chi connectivity index (χ4v) is 1.23. The lowest BCUT2D eigenvalue weighted by Gasteiger charge is -2.23. The predicted molar refractivity (Wildman–Crippen MR) is 45.9 cm³/mol. The summed E-state index contributed by atoms with van der Waals surface area (Å²) in [5, 5.41) is 0. The molecule has 0 atom stereocenters. The fourth-order valence-electron chi connectivity index (χ4n) is 1.23. The van der Waals surface area contributed by atoms with Crippen LogP contribution < -0.4 is 0 Å². The monoisotopic (exact) mass is 136 g/mol. The van der Waals surface area contributed by atoms with E-state index in [0.717, 1.165) is 0 Å². The van der Waals surface area contributed by atoms with Crippen molar-refractivity contribution in [2.75, 3.05) is 0 Å². The second-order valence-electron chi connectivity index (χ2n) is 3.91. The maximum absolute atomic E-state index is 2.28. The van der Waals surface area contributed by atoms with Gasteiger partial charge >= 0.3 is 0 Å². The summed E-state index contributed by atoms with van der Waals surface area (Å²) in [6.45, 7) is 6.83. The van der Waals surface area contributed by atoms with Crippen LogP contribution in [0.3, 0.4) is 0 Å². The predicted octanol–water partition coefficient (Wildman–Crippen LogP) is 3.31. The highest BCUT2D eigenvalue weighted by atomic mass is 14.2. The molecule has 0 bridgehead atoms. The molecule has 0 unspecified atom stereocenters. The molecule has 10 heavy (non-hydrogen) atoms. The lowest BCUT2D eigenvalue weighted by atomic mass is 9.82. The Morgan fingerprint density at radius 1 is 1.30 bits per heavy atom. The summed E-state index contributed by atoms with van der Waals surface area (Å²) in [5.74, 6) is 0. The van der Waals surface area contributed by atoms with Crippen molar-refractivity contribution in [3.8, 4) is 0 Å². The Kier molecular flexibility index (Phi) is 1.98. The molecule has 1 aliphatic rings. The Hall–Kier alpha value is -0.520. The molecular formula is C10H16. The van der Waals surface area contributed by atoms with Gasteiger partial charge in [-0.05, 0) is 18.3 Å². The van der Waals surface area contributed by atoms with E-state index >= 15 is 0 Å². The van der Waals surface area contributed by atoms with Crippen molar-refractivity contribution in [3.63, 3.8) is 0 Å². The van der Waals surface area contributed by atoms with Gasteiger partial charge in [0.1, 0.15) is 0 Å². The molecule has 0 aromatic rings. The van der Waals surface area contributed by atoms with Gasteiger partial charge in [0.25, 0.3) is 0 Å². The zero-order chi connectivity index (χ0) is 7.61. The first-order valence-electron chi connectivity index (χ1n) is 3.97. The first kappa shape index (κ1) is 7.59. The third-order valence-electron chi connectivity index (χ3n) is 1.98. The Morgan fingerprint density at radius 2 is 2.00 bits per heavy atom. The summed E-state index contributed by atoms with van der Waals surface area (Å²) in [6.07, 6.45) is 9.13. The van der Waals surface area contributed by atoms with Crippen LogP contribution in [0.15, 0.2) is 23.8 Å². The highest BCUT2D eigenvalue weighted by Gasteiger charge is 2.16. The number of allylic oxidation sites excluding steroid dienone is 4. The maximum atomic E-state index is 2.28. The molecule has 0 spiro atoms.